The summed E-state index contributed by atoms with van der Waals surface area (Å²) in [5.74, 6) is 1.59. The van der Waals surface area contributed by atoms with Crippen LogP contribution in [0, 0.1) is 0 Å². The summed E-state index contributed by atoms with van der Waals surface area (Å²) >= 11 is 5.90. The fraction of sp³-hybridized carbons (Fsp3) is 0.294. The largest absolute Gasteiger partial charge is 0.453 e. The van der Waals surface area contributed by atoms with Crippen molar-refractivity contribution in [2.75, 3.05) is 18.5 Å². The second kappa shape index (κ2) is 7.01. The van der Waals surface area contributed by atoms with Gasteiger partial charge in [-0.1, -0.05) is 23.7 Å². The molecule has 116 valence electrons. The molecule has 5 heteroatoms. The lowest BCUT2D eigenvalue weighted by atomic mass is 10.2. The van der Waals surface area contributed by atoms with Gasteiger partial charge < -0.3 is 19.9 Å². The van der Waals surface area contributed by atoms with Crippen molar-refractivity contribution in [2.45, 2.75) is 18.9 Å². The summed E-state index contributed by atoms with van der Waals surface area (Å²) in [6.45, 7) is 1.47. The van der Waals surface area contributed by atoms with E-state index >= 15 is 0 Å². The van der Waals surface area contributed by atoms with Crippen molar-refractivity contribution in [3.05, 3.63) is 47.5 Å². The third-order valence-electron chi connectivity index (χ3n) is 3.51. The van der Waals surface area contributed by atoms with E-state index < -0.39 is 0 Å². The van der Waals surface area contributed by atoms with E-state index in [0.717, 1.165) is 48.9 Å². The van der Waals surface area contributed by atoms with Crippen LogP contribution in [0.4, 0.5) is 11.4 Å². The zero-order valence-electron chi connectivity index (χ0n) is 12.1. The molecule has 1 fully saturated rings. The highest BCUT2D eigenvalue weighted by molar-refractivity contribution is 6.30. The molecule has 1 saturated heterocycles. The summed E-state index contributed by atoms with van der Waals surface area (Å²) in [5.41, 5.74) is 1.92. The highest BCUT2D eigenvalue weighted by Crippen LogP contribution is 2.42. The Labute approximate surface area is 134 Å². The number of anilines is 2. The van der Waals surface area contributed by atoms with Crippen molar-refractivity contribution < 1.29 is 14.6 Å². The Balaban J connectivity index is 0.000000174. The third kappa shape index (κ3) is 3.71. The van der Waals surface area contributed by atoms with Crippen molar-refractivity contribution in [2.24, 2.45) is 0 Å². The molecule has 0 aliphatic carbocycles. The van der Waals surface area contributed by atoms with Crippen LogP contribution in [0.2, 0.25) is 5.02 Å². The SMILES string of the molecule is Clc1ccc2c(c1)Oc1ccccc1N2.OC1CCOCC1. The number of benzene rings is 2. The summed E-state index contributed by atoms with van der Waals surface area (Å²) in [5, 5.41) is 12.8. The van der Waals surface area contributed by atoms with Crippen LogP contribution in [0.15, 0.2) is 42.5 Å². The van der Waals surface area contributed by atoms with E-state index in [1.807, 2.05) is 36.4 Å². The Kier molecular flexibility index (Phi) is 4.83. The molecule has 4 nitrogen and oxygen atoms in total. The monoisotopic (exact) mass is 319 g/mol. The van der Waals surface area contributed by atoms with Gasteiger partial charge in [-0.3, -0.25) is 0 Å². The van der Waals surface area contributed by atoms with E-state index in [4.69, 9.17) is 26.2 Å². The molecule has 2 aliphatic rings. The first-order valence-electron chi connectivity index (χ1n) is 7.31. The highest BCUT2D eigenvalue weighted by Gasteiger charge is 2.15. The van der Waals surface area contributed by atoms with E-state index in [-0.39, 0.29) is 6.10 Å². The van der Waals surface area contributed by atoms with Gasteiger partial charge in [0.2, 0.25) is 0 Å². The molecule has 0 bridgehead atoms. The number of para-hydroxylation sites is 2. The molecule has 2 heterocycles. The summed E-state index contributed by atoms with van der Waals surface area (Å²) < 4.78 is 10.7. The van der Waals surface area contributed by atoms with Crippen molar-refractivity contribution in [3.63, 3.8) is 0 Å². The van der Waals surface area contributed by atoms with Crippen molar-refractivity contribution in [3.8, 4) is 11.5 Å². The Morgan fingerprint density at radius 2 is 1.73 bits per heavy atom. The average Bonchev–Trinajstić information content (AvgIpc) is 2.54. The molecular weight excluding hydrogens is 302 g/mol. The molecule has 0 radical (unpaired) electrons. The first kappa shape index (κ1) is 15.2. The summed E-state index contributed by atoms with van der Waals surface area (Å²) in [7, 11) is 0. The molecular formula is C17H18ClNO3. The lowest BCUT2D eigenvalue weighted by Gasteiger charge is -2.21. The summed E-state index contributed by atoms with van der Waals surface area (Å²) in [4.78, 5) is 0. The second-order valence-corrected chi connectivity index (χ2v) is 5.64. The molecule has 0 aromatic heterocycles. The number of nitrogens with one attached hydrogen (secondary N) is 1. The standard InChI is InChI=1S/C12H8ClNO.C5H10O2/c13-8-5-6-10-12(7-8)15-11-4-2-1-3-9(11)14-10;6-5-1-3-7-4-2-5/h1-7,14H;5-6H,1-4H2. The van der Waals surface area contributed by atoms with Crippen LogP contribution in [0.3, 0.4) is 0 Å². The van der Waals surface area contributed by atoms with Gasteiger partial charge in [0.15, 0.2) is 11.5 Å². The van der Waals surface area contributed by atoms with Crippen LogP contribution in [0.5, 0.6) is 11.5 Å². The molecule has 4 rings (SSSR count). The topological polar surface area (TPSA) is 50.7 Å². The molecule has 2 N–H and O–H groups in total. The fourth-order valence-electron chi connectivity index (χ4n) is 2.29. The number of hydrogen-bond acceptors (Lipinski definition) is 4. The van der Waals surface area contributed by atoms with Crippen molar-refractivity contribution in [1.82, 2.24) is 0 Å². The average molecular weight is 320 g/mol. The van der Waals surface area contributed by atoms with E-state index in [9.17, 15) is 0 Å². The lowest BCUT2D eigenvalue weighted by molar-refractivity contribution is 0.0140. The number of ether oxygens (including phenoxy) is 2. The maximum absolute atomic E-state index is 8.83. The van der Waals surface area contributed by atoms with Gasteiger partial charge in [0.1, 0.15) is 0 Å². The zero-order chi connectivity index (χ0) is 15.4. The van der Waals surface area contributed by atoms with E-state index in [2.05, 4.69) is 5.32 Å². The molecule has 2 aromatic rings. The minimum atomic E-state index is -0.0891. The maximum Gasteiger partial charge on any atom is 0.152 e. The quantitative estimate of drug-likeness (QED) is 0.647. The minimum Gasteiger partial charge on any atom is -0.453 e. The van der Waals surface area contributed by atoms with Gasteiger partial charge in [0, 0.05) is 24.3 Å². The number of halogens is 1. The van der Waals surface area contributed by atoms with Crippen LogP contribution in [-0.2, 0) is 4.74 Å². The van der Waals surface area contributed by atoms with E-state index in [1.165, 1.54) is 0 Å². The molecule has 22 heavy (non-hydrogen) atoms. The number of aliphatic hydroxyl groups excluding tert-OH is 1. The van der Waals surface area contributed by atoms with E-state index in [0.29, 0.717) is 5.02 Å². The molecule has 2 aliphatic heterocycles. The molecule has 0 saturated carbocycles. The van der Waals surface area contributed by atoms with Crippen LogP contribution < -0.4 is 10.1 Å². The minimum absolute atomic E-state index is 0.0891. The van der Waals surface area contributed by atoms with Gasteiger partial charge in [0.25, 0.3) is 0 Å². The molecule has 2 aromatic carbocycles. The first-order valence-corrected chi connectivity index (χ1v) is 7.69. The van der Waals surface area contributed by atoms with Crippen LogP contribution in [0.25, 0.3) is 0 Å². The third-order valence-corrected chi connectivity index (χ3v) is 3.75. The molecule has 0 spiro atoms. The maximum atomic E-state index is 8.83. The van der Waals surface area contributed by atoms with Gasteiger partial charge >= 0.3 is 0 Å². The first-order chi connectivity index (χ1) is 10.7. The van der Waals surface area contributed by atoms with Gasteiger partial charge in [-0.2, -0.15) is 0 Å². The van der Waals surface area contributed by atoms with Gasteiger partial charge in [-0.15, -0.1) is 0 Å². The van der Waals surface area contributed by atoms with Crippen LogP contribution in [-0.4, -0.2) is 24.4 Å². The molecule has 0 amide bonds. The van der Waals surface area contributed by atoms with Crippen molar-refractivity contribution in [1.29, 1.82) is 0 Å². The lowest BCUT2D eigenvalue weighted by Crippen LogP contribution is -2.19. The molecule has 0 atom stereocenters. The Hall–Kier alpha value is -1.75. The van der Waals surface area contributed by atoms with Gasteiger partial charge in [-0.05, 0) is 37.1 Å². The number of aliphatic hydroxyl groups is 1. The zero-order valence-corrected chi connectivity index (χ0v) is 12.8. The van der Waals surface area contributed by atoms with E-state index in [1.54, 1.807) is 6.07 Å². The second-order valence-electron chi connectivity index (χ2n) is 5.21. The predicted molar refractivity (Wildman–Crippen MR) is 87.3 cm³/mol. The summed E-state index contributed by atoms with van der Waals surface area (Å²) in [6, 6.07) is 13.4. The Bertz CT molecular complexity index is 642. The molecule has 0 unspecified atom stereocenters. The van der Waals surface area contributed by atoms with Gasteiger partial charge in [0.05, 0.1) is 17.5 Å². The fourth-order valence-corrected chi connectivity index (χ4v) is 2.45. The predicted octanol–water partition coefficient (Wildman–Crippen LogP) is 4.35. The normalized spacial score (nSPS) is 16.3. The Morgan fingerprint density at radius 1 is 1.00 bits per heavy atom. The van der Waals surface area contributed by atoms with Crippen LogP contribution >= 0.6 is 11.6 Å². The number of hydrogen-bond donors (Lipinski definition) is 2. The van der Waals surface area contributed by atoms with Crippen LogP contribution in [0.1, 0.15) is 12.8 Å². The van der Waals surface area contributed by atoms with Crippen molar-refractivity contribution >= 4 is 23.0 Å². The smallest absolute Gasteiger partial charge is 0.152 e. The van der Waals surface area contributed by atoms with Gasteiger partial charge in [-0.25, -0.2) is 0 Å². The number of fused-ring (bicyclic) bond motifs is 2. The summed E-state index contributed by atoms with van der Waals surface area (Å²) in [6.07, 6.45) is 1.55. The Morgan fingerprint density at radius 3 is 2.45 bits per heavy atom. The highest BCUT2D eigenvalue weighted by atomic mass is 35.5. The number of rotatable bonds is 0.